The molecule has 0 saturated heterocycles. The molecule has 6 nitrogen and oxygen atoms in total. The van der Waals surface area contributed by atoms with Gasteiger partial charge < -0.3 is 10.8 Å². The Morgan fingerprint density at radius 1 is 1.14 bits per heavy atom. The van der Waals surface area contributed by atoms with Gasteiger partial charge in [-0.05, 0) is 44.7 Å². The van der Waals surface area contributed by atoms with Crippen molar-refractivity contribution in [1.82, 2.24) is 0 Å². The first-order valence-corrected chi connectivity index (χ1v) is 8.16. The monoisotopic (exact) mass is 315 g/mol. The largest absolute Gasteiger partial charge is 0.481 e. The van der Waals surface area contributed by atoms with E-state index in [4.69, 9.17) is 15.4 Å². The lowest BCUT2D eigenvalue weighted by Gasteiger charge is -2.22. The van der Waals surface area contributed by atoms with Crippen molar-refractivity contribution in [2.24, 2.45) is 11.7 Å². The molecule has 1 aromatic carbocycles. The highest BCUT2D eigenvalue weighted by Gasteiger charge is 2.23. The molecule has 1 aliphatic rings. The second-order valence-electron chi connectivity index (χ2n) is 5.24. The van der Waals surface area contributed by atoms with Gasteiger partial charge in [-0.25, -0.2) is 0 Å². The van der Waals surface area contributed by atoms with Gasteiger partial charge in [-0.3, -0.25) is 9.35 Å². The van der Waals surface area contributed by atoms with E-state index in [0.717, 1.165) is 31.2 Å². The predicted octanol–water partition coefficient (Wildman–Crippen LogP) is 1.83. The molecular weight excluding hydrogens is 294 g/mol. The maximum absolute atomic E-state index is 10.5. The average molecular weight is 315 g/mol. The number of aliphatic carboxylic acids is 1. The zero-order chi connectivity index (χ0) is 16.0. The van der Waals surface area contributed by atoms with Crippen LogP contribution in [0.15, 0.2) is 29.2 Å². The van der Waals surface area contributed by atoms with E-state index in [1.165, 1.54) is 12.1 Å². The zero-order valence-electron chi connectivity index (χ0n) is 11.9. The number of aryl methyl sites for hydroxylation is 1. The van der Waals surface area contributed by atoms with Gasteiger partial charge in [-0.15, -0.1) is 0 Å². The summed E-state index contributed by atoms with van der Waals surface area (Å²) < 4.78 is 29.6. The molecule has 0 aliphatic heterocycles. The van der Waals surface area contributed by atoms with Crippen LogP contribution in [-0.4, -0.2) is 30.1 Å². The number of nitrogens with two attached hydrogens (primary N) is 1. The Bertz CT molecular complexity index is 560. The third-order valence-corrected chi connectivity index (χ3v) is 4.31. The maximum Gasteiger partial charge on any atom is 0.306 e. The topological polar surface area (TPSA) is 118 Å². The van der Waals surface area contributed by atoms with E-state index in [1.807, 2.05) is 6.92 Å². The molecule has 4 N–H and O–H groups in total. The smallest absolute Gasteiger partial charge is 0.306 e. The molecule has 0 aromatic heterocycles. The summed E-state index contributed by atoms with van der Waals surface area (Å²) in [5, 5.41) is 8.58. The lowest BCUT2D eigenvalue weighted by Crippen LogP contribution is -2.29. The molecule has 7 heteroatoms. The van der Waals surface area contributed by atoms with E-state index in [1.54, 1.807) is 12.1 Å². The summed E-state index contributed by atoms with van der Waals surface area (Å²) >= 11 is 0. The Hall–Kier alpha value is -1.44. The van der Waals surface area contributed by atoms with Gasteiger partial charge in [0.2, 0.25) is 0 Å². The van der Waals surface area contributed by atoms with Gasteiger partial charge in [0.1, 0.15) is 0 Å². The number of carbonyl (C=O) groups is 1. The van der Waals surface area contributed by atoms with Crippen LogP contribution in [0.1, 0.15) is 31.2 Å². The van der Waals surface area contributed by atoms with Crippen molar-refractivity contribution in [3.8, 4) is 0 Å². The molecule has 0 atom stereocenters. The van der Waals surface area contributed by atoms with Crippen molar-refractivity contribution in [3.05, 3.63) is 29.8 Å². The fourth-order valence-electron chi connectivity index (χ4n) is 2.08. The minimum atomic E-state index is -4.02. The van der Waals surface area contributed by atoms with Crippen LogP contribution in [0.3, 0.4) is 0 Å². The number of rotatable bonds is 2. The van der Waals surface area contributed by atoms with Gasteiger partial charge in [0.15, 0.2) is 0 Å². The van der Waals surface area contributed by atoms with E-state index in [9.17, 15) is 13.2 Å². The van der Waals surface area contributed by atoms with E-state index in [2.05, 4.69) is 0 Å². The molecule has 1 fully saturated rings. The van der Waals surface area contributed by atoms with Crippen LogP contribution in [0.5, 0.6) is 0 Å². The fourth-order valence-corrected chi connectivity index (χ4v) is 2.56. The molecule has 0 unspecified atom stereocenters. The van der Waals surface area contributed by atoms with Crippen LogP contribution < -0.4 is 5.73 Å². The molecular formula is C14H21NO5S. The summed E-state index contributed by atoms with van der Waals surface area (Å²) in [5.74, 6) is -0.785. The summed E-state index contributed by atoms with van der Waals surface area (Å²) in [5.41, 5.74) is 6.56. The predicted molar refractivity (Wildman–Crippen MR) is 78.6 cm³/mol. The molecule has 118 valence electrons. The molecule has 0 spiro atoms. The second-order valence-corrected chi connectivity index (χ2v) is 6.66. The van der Waals surface area contributed by atoms with Crippen molar-refractivity contribution < 1.29 is 22.9 Å². The highest BCUT2D eigenvalue weighted by Crippen LogP contribution is 2.22. The third kappa shape index (κ3) is 6.24. The molecule has 2 rings (SSSR count). The number of carboxylic acid groups (broad SMARTS) is 1. The van der Waals surface area contributed by atoms with Crippen molar-refractivity contribution in [2.75, 3.05) is 0 Å². The molecule has 1 aromatic rings. The number of hydrogen-bond donors (Lipinski definition) is 3. The molecule has 1 saturated carbocycles. The van der Waals surface area contributed by atoms with Crippen LogP contribution in [0.2, 0.25) is 0 Å². The van der Waals surface area contributed by atoms with Crippen molar-refractivity contribution in [3.63, 3.8) is 0 Å². The Morgan fingerprint density at radius 2 is 1.62 bits per heavy atom. The first-order chi connectivity index (χ1) is 9.70. The van der Waals surface area contributed by atoms with Crippen LogP contribution in [0, 0.1) is 12.8 Å². The zero-order valence-corrected chi connectivity index (χ0v) is 12.7. The molecule has 0 amide bonds. The third-order valence-electron chi connectivity index (χ3n) is 3.44. The summed E-state index contributed by atoms with van der Waals surface area (Å²) in [6.07, 6.45) is 3.26. The van der Waals surface area contributed by atoms with Crippen LogP contribution in [0.25, 0.3) is 0 Å². The Morgan fingerprint density at radius 3 is 2.00 bits per heavy atom. The van der Waals surface area contributed by atoms with Crippen molar-refractivity contribution in [2.45, 2.75) is 43.5 Å². The minimum absolute atomic E-state index is 0.0666. The molecule has 1 aliphatic carbocycles. The highest BCUT2D eigenvalue weighted by atomic mass is 32.2. The average Bonchev–Trinajstić information content (AvgIpc) is 2.39. The summed E-state index contributed by atoms with van der Waals surface area (Å²) in [6.45, 7) is 1.84. The van der Waals surface area contributed by atoms with Crippen LogP contribution in [-0.2, 0) is 14.9 Å². The number of hydrogen-bond acceptors (Lipinski definition) is 4. The lowest BCUT2D eigenvalue weighted by molar-refractivity contribution is -0.142. The normalized spacial score (nSPS) is 22.0. The van der Waals surface area contributed by atoms with Gasteiger partial charge >= 0.3 is 5.97 Å². The Balaban J connectivity index is 0.000000211. The molecule has 21 heavy (non-hydrogen) atoms. The van der Waals surface area contributed by atoms with E-state index in [0.29, 0.717) is 0 Å². The molecule has 0 heterocycles. The summed E-state index contributed by atoms with van der Waals surface area (Å²) in [4.78, 5) is 10.4. The van der Waals surface area contributed by atoms with E-state index < -0.39 is 16.1 Å². The van der Waals surface area contributed by atoms with Crippen LogP contribution >= 0.6 is 0 Å². The number of carboxylic acids is 1. The fraction of sp³-hybridized carbons (Fsp3) is 0.500. The summed E-state index contributed by atoms with van der Waals surface area (Å²) in [6, 6.07) is 6.23. The first kappa shape index (κ1) is 17.6. The second kappa shape index (κ2) is 7.53. The van der Waals surface area contributed by atoms with E-state index >= 15 is 0 Å². The van der Waals surface area contributed by atoms with Crippen molar-refractivity contribution >= 4 is 16.1 Å². The van der Waals surface area contributed by atoms with Gasteiger partial charge in [-0.2, -0.15) is 8.42 Å². The maximum atomic E-state index is 10.5. The Labute approximate surface area is 124 Å². The van der Waals surface area contributed by atoms with Gasteiger partial charge in [-0.1, -0.05) is 17.7 Å². The van der Waals surface area contributed by atoms with Gasteiger partial charge in [0, 0.05) is 6.04 Å². The lowest BCUT2D eigenvalue weighted by atomic mass is 9.87. The summed E-state index contributed by atoms with van der Waals surface area (Å²) in [7, 11) is -4.02. The SMILES string of the molecule is Cc1ccc(S(=O)(=O)O)cc1.NC1CCC(C(=O)O)CC1. The van der Waals surface area contributed by atoms with Gasteiger partial charge in [0.25, 0.3) is 10.1 Å². The van der Waals surface area contributed by atoms with Crippen LogP contribution in [0.4, 0.5) is 0 Å². The molecule has 0 bridgehead atoms. The van der Waals surface area contributed by atoms with Gasteiger partial charge in [0.05, 0.1) is 10.8 Å². The quantitative estimate of drug-likeness (QED) is 0.717. The first-order valence-electron chi connectivity index (χ1n) is 6.72. The standard InChI is InChI=1S/C7H13NO2.C7H8O3S/c8-6-3-1-5(2-4-6)7(9)10;1-6-2-4-7(5-3-6)11(8,9)10/h5-6H,1-4,8H2,(H,9,10);2-5H,1H3,(H,8,9,10). The highest BCUT2D eigenvalue weighted by molar-refractivity contribution is 7.85. The minimum Gasteiger partial charge on any atom is -0.481 e. The molecule has 0 radical (unpaired) electrons. The van der Waals surface area contributed by atoms with E-state index in [-0.39, 0.29) is 16.9 Å². The van der Waals surface area contributed by atoms with Crippen molar-refractivity contribution in [1.29, 1.82) is 0 Å². The Kier molecular flexibility index (Phi) is 6.32. The number of benzene rings is 1.